The van der Waals surface area contributed by atoms with E-state index >= 15 is 0 Å². The average molecular weight is 279 g/mol. The number of nitrogens with one attached hydrogen (secondary N) is 1. The molecular formula is C17H29NO2. The highest BCUT2D eigenvalue weighted by Crippen LogP contribution is 2.25. The van der Waals surface area contributed by atoms with Crippen molar-refractivity contribution in [2.24, 2.45) is 5.92 Å². The number of benzene rings is 1. The van der Waals surface area contributed by atoms with Crippen LogP contribution < -0.4 is 14.8 Å². The largest absolute Gasteiger partial charge is 0.497 e. The van der Waals surface area contributed by atoms with Gasteiger partial charge in [-0.05, 0) is 24.1 Å². The van der Waals surface area contributed by atoms with E-state index in [2.05, 4.69) is 39.1 Å². The lowest BCUT2D eigenvalue weighted by atomic mass is 10.1. The number of ether oxygens (including phenoxy) is 2. The van der Waals surface area contributed by atoms with Crippen LogP contribution in [0.3, 0.4) is 0 Å². The summed E-state index contributed by atoms with van der Waals surface area (Å²) < 4.78 is 11.3. The fraction of sp³-hybridized carbons (Fsp3) is 0.647. The van der Waals surface area contributed by atoms with Crippen molar-refractivity contribution in [3.05, 3.63) is 23.8 Å². The Morgan fingerprint density at radius 1 is 1.15 bits per heavy atom. The van der Waals surface area contributed by atoms with E-state index in [0.717, 1.165) is 43.1 Å². The zero-order chi connectivity index (χ0) is 15.0. The third kappa shape index (κ3) is 5.41. The lowest BCUT2D eigenvalue weighted by molar-refractivity contribution is 0.238. The Morgan fingerprint density at radius 2 is 1.85 bits per heavy atom. The molecule has 1 aromatic rings. The molecule has 1 rings (SSSR count). The van der Waals surface area contributed by atoms with Gasteiger partial charge in [-0.3, -0.25) is 0 Å². The summed E-state index contributed by atoms with van der Waals surface area (Å²) in [6.45, 7) is 10.3. The molecule has 0 fully saturated rings. The molecule has 3 heteroatoms. The van der Waals surface area contributed by atoms with Gasteiger partial charge in [-0.25, -0.2) is 0 Å². The third-order valence-electron chi connectivity index (χ3n) is 3.60. The molecule has 0 aromatic heterocycles. The summed E-state index contributed by atoms with van der Waals surface area (Å²) in [4.78, 5) is 0. The monoisotopic (exact) mass is 279 g/mol. The van der Waals surface area contributed by atoms with Gasteiger partial charge in [0.25, 0.3) is 0 Å². The lowest BCUT2D eigenvalue weighted by Crippen LogP contribution is -2.22. The first-order chi connectivity index (χ1) is 9.60. The first kappa shape index (κ1) is 16.8. The Kier molecular flexibility index (Phi) is 7.45. The Morgan fingerprint density at radius 3 is 2.40 bits per heavy atom. The number of hydrogen-bond acceptors (Lipinski definition) is 3. The van der Waals surface area contributed by atoms with E-state index in [-0.39, 0.29) is 0 Å². The summed E-state index contributed by atoms with van der Waals surface area (Å²) in [6, 6.07) is 6.48. The van der Waals surface area contributed by atoms with E-state index in [1.54, 1.807) is 7.11 Å². The molecule has 0 atom stereocenters. The molecule has 0 aliphatic heterocycles. The minimum Gasteiger partial charge on any atom is -0.497 e. The fourth-order valence-electron chi connectivity index (χ4n) is 2.01. The maximum absolute atomic E-state index is 6.02. The van der Waals surface area contributed by atoms with E-state index in [1.807, 2.05) is 12.1 Å². The molecule has 20 heavy (non-hydrogen) atoms. The van der Waals surface area contributed by atoms with Crippen LogP contribution in [0.15, 0.2) is 18.2 Å². The molecule has 0 spiro atoms. The lowest BCUT2D eigenvalue weighted by Gasteiger charge is -2.18. The van der Waals surface area contributed by atoms with E-state index in [1.165, 1.54) is 0 Å². The second kappa shape index (κ2) is 8.85. The minimum absolute atomic E-state index is 0.452. The van der Waals surface area contributed by atoms with Gasteiger partial charge in [-0.1, -0.05) is 40.5 Å². The SMILES string of the molecule is CCC(CC)COc1ccc(OC)cc1CNC(C)C. The number of hydrogen-bond donors (Lipinski definition) is 1. The quantitative estimate of drug-likeness (QED) is 0.741. The molecule has 0 heterocycles. The molecule has 0 unspecified atom stereocenters. The van der Waals surface area contributed by atoms with Crippen LogP contribution >= 0.6 is 0 Å². The molecular weight excluding hydrogens is 250 g/mol. The molecule has 3 nitrogen and oxygen atoms in total. The van der Waals surface area contributed by atoms with Crippen LogP contribution in [0.2, 0.25) is 0 Å². The predicted octanol–water partition coefficient (Wildman–Crippen LogP) is 4.01. The van der Waals surface area contributed by atoms with Crippen molar-refractivity contribution in [1.82, 2.24) is 5.32 Å². The molecule has 0 aliphatic rings. The van der Waals surface area contributed by atoms with Crippen LogP contribution in [-0.2, 0) is 6.54 Å². The van der Waals surface area contributed by atoms with Crippen molar-refractivity contribution >= 4 is 0 Å². The summed E-state index contributed by atoms with van der Waals surface area (Å²) in [7, 11) is 1.69. The van der Waals surface area contributed by atoms with Gasteiger partial charge in [0.15, 0.2) is 0 Å². The van der Waals surface area contributed by atoms with Crippen LogP contribution in [0.5, 0.6) is 11.5 Å². The van der Waals surface area contributed by atoms with Gasteiger partial charge in [-0.15, -0.1) is 0 Å². The van der Waals surface area contributed by atoms with Crippen molar-refractivity contribution in [2.45, 2.75) is 53.1 Å². The van der Waals surface area contributed by atoms with Crippen molar-refractivity contribution in [3.63, 3.8) is 0 Å². The van der Waals surface area contributed by atoms with E-state index in [9.17, 15) is 0 Å². The van der Waals surface area contributed by atoms with Crippen molar-refractivity contribution < 1.29 is 9.47 Å². The highest BCUT2D eigenvalue weighted by molar-refractivity contribution is 5.40. The highest BCUT2D eigenvalue weighted by Gasteiger charge is 2.09. The van der Waals surface area contributed by atoms with Gasteiger partial charge in [0.1, 0.15) is 11.5 Å². The first-order valence-electron chi connectivity index (χ1n) is 7.63. The standard InChI is InChI=1S/C17H29NO2/c1-6-14(7-2)12-20-17-9-8-16(19-5)10-15(17)11-18-13(3)4/h8-10,13-14,18H,6-7,11-12H2,1-5H3. The van der Waals surface area contributed by atoms with Crippen molar-refractivity contribution in [1.29, 1.82) is 0 Å². The Hall–Kier alpha value is -1.22. The highest BCUT2D eigenvalue weighted by atomic mass is 16.5. The van der Waals surface area contributed by atoms with E-state index < -0.39 is 0 Å². The first-order valence-corrected chi connectivity index (χ1v) is 7.63. The summed E-state index contributed by atoms with van der Waals surface area (Å²) >= 11 is 0. The topological polar surface area (TPSA) is 30.5 Å². The third-order valence-corrected chi connectivity index (χ3v) is 3.60. The maximum Gasteiger partial charge on any atom is 0.124 e. The molecule has 114 valence electrons. The molecule has 0 bridgehead atoms. The van der Waals surface area contributed by atoms with E-state index in [4.69, 9.17) is 9.47 Å². The van der Waals surface area contributed by atoms with Crippen molar-refractivity contribution in [3.8, 4) is 11.5 Å². The van der Waals surface area contributed by atoms with Crippen molar-refractivity contribution in [2.75, 3.05) is 13.7 Å². The summed E-state index contributed by atoms with van der Waals surface area (Å²) in [5.41, 5.74) is 1.16. The number of rotatable bonds is 9. The van der Waals surface area contributed by atoms with Gasteiger partial charge in [0, 0.05) is 18.2 Å². The van der Waals surface area contributed by atoms with Crippen LogP contribution in [0.25, 0.3) is 0 Å². The molecule has 1 aromatic carbocycles. The number of methoxy groups -OCH3 is 1. The Labute approximate surface area is 123 Å². The summed E-state index contributed by atoms with van der Waals surface area (Å²) in [6.07, 6.45) is 2.32. The second-order valence-electron chi connectivity index (χ2n) is 5.50. The van der Waals surface area contributed by atoms with Crippen LogP contribution in [0.4, 0.5) is 0 Å². The zero-order valence-corrected chi connectivity index (χ0v) is 13.5. The molecule has 0 saturated heterocycles. The maximum atomic E-state index is 6.02. The molecule has 0 aliphatic carbocycles. The van der Waals surface area contributed by atoms with Crippen LogP contribution in [0.1, 0.15) is 46.1 Å². The smallest absolute Gasteiger partial charge is 0.124 e. The molecule has 0 amide bonds. The Bertz CT molecular complexity index is 387. The van der Waals surface area contributed by atoms with Gasteiger partial charge in [-0.2, -0.15) is 0 Å². The van der Waals surface area contributed by atoms with Gasteiger partial charge < -0.3 is 14.8 Å². The van der Waals surface area contributed by atoms with Gasteiger partial charge in [0.2, 0.25) is 0 Å². The summed E-state index contributed by atoms with van der Waals surface area (Å²) in [5, 5.41) is 3.43. The van der Waals surface area contributed by atoms with Crippen LogP contribution in [0, 0.1) is 5.92 Å². The second-order valence-corrected chi connectivity index (χ2v) is 5.50. The fourth-order valence-corrected chi connectivity index (χ4v) is 2.01. The minimum atomic E-state index is 0.452. The molecule has 0 saturated carbocycles. The molecule has 0 radical (unpaired) electrons. The van der Waals surface area contributed by atoms with Gasteiger partial charge in [0.05, 0.1) is 13.7 Å². The zero-order valence-electron chi connectivity index (χ0n) is 13.5. The summed E-state index contributed by atoms with van der Waals surface area (Å²) in [5.74, 6) is 2.47. The van der Waals surface area contributed by atoms with Gasteiger partial charge >= 0.3 is 0 Å². The normalized spacial score (nSPS) is 11.2. The predicted molar refractivity (Wildman–Crippen MR) is 84.5 cm³/mol. The Balaban J connectivity index is 2.76. The average Bonchev–Trinajstić information content (AvgIpc) is 2.46. The van der Waals surface area contributed by atoms with E-state index in [0.29, 0.717) is 12.0 Å². The molecule has 1 N–H and O–H groups in total. The van der Waals surface area contributed by atoms with Crippen LogP contribution in [-0.4, -0.2) is 19.8 Å².